The molecule has 0 nitrogen and oxygen atoms in total. The van der Waals surface area contributed by atoms with Crippen molar-refractivity contribution in [3.63, 3.8) is 0 Å². The summed E-state index contributed by atoms with van der Waals surface area (Å²) < 4.78 is 0. The van der Waals surface area contributed by atoms with Gasteiger partial charge in [-0.2, -0.15) is 0 Å². The molecule has 0 fully saturated rings. The molecule has 48 valence electrons. The van der Waals surface area contributed by atoms with Crippen LogP contribution in [0.2, 0.25) is 0 Å². The van der Waals surface area contributed by atoms with Crippen LogP contribution in [0.1, 0.15) is 26.2 Å². The maximum absolute atomic E-state index is 3.35. The molecule has 0 N–H and O–H groups in total. The molecule has 0 aliphatic heterocycles. The van der Waals surface area contributed by atoms with Crippen LogP contribution < -0.4 is 0 Å². The molecule has 7 heavy (non-hydrogen) atoms. The molecule has 0 spiro atoms. The fraction of sp³-hybridized carbons (Fsp3) is 1.00. The van der Waals surface area contributed by atoms with Crippen LogP contribution in [-0.4, -0.2) is 5.33 Å². The van der Waals surface area contributed by atoms with Crippen molar-refractivity contribution >= 4 is 15.9 Å². The van der Waals surface area contributed by atoms with Gasteiger partial charge in [-0.25, -0.2) is 0 Å². The molecule has 0 heterocycles. The smallest absolute Gasteiger partial charge is 0.00313 e. The summed E-state index contributed by atoms with van der Waals surface area (Å²) in [5.74, 6) is 0. The summed E-state index contributed by atoms with van der Waals surface area (Å²) in [6, 6.07) is 0. The normalized spacial score (nSPS) is 7.71. The SMILES string of the molecule is CCCCCBr.[Ni]. The Morgan fingerprint density at radius 2 is 1.86 bits per heavy atom. The zero-order chi connectivity index (χ0) is 4.83. The van der Waals surface area contributed by atoms with Gasteiger partial charge in [0.15, 0.2) is 0 Å². The first-order valence-electron chi connectivity index (χ1n) is 2.47. The topological polar surface area (TPSA) is 0 Å². The van der Waals surface area contributed by atoms with E-state index in [0.29, 0.717) is 0 Å². The van der Waals surface area contributed by atoms with Crippen molar-refractivity contribution in [2.45, 2.75) is 26.2 Å². The van der Waals surface area contributed by atoms with Gasteiger partial charge in [-0.15, -0.1) is 0 Å². The third kappa shape index (κ3) is 10.9. The van der Waals surface area contributed by atoms with Gasteiger partial charge in [0.25, 0.3) is 0 Å². The molecule has 0 amide bonds. The predicted octanol–water partition coefficient (Wildman–Crippen LogP) is 2.57. The van der Waals surface area contributed by atoms with E-state index in [2.05, 4.69) is 22.9 Å². The second-order valence-corrected chi connectivity index (χ2v) is 2.19. The van der Waals surface area contributed by atoms with E-state index < -0.39 is 0 Å². The van der Waals surface area contributed by atoms with E-state index in [4.69, 9.17) is 0 Å². The Morgan fingerprint density at radius 3 is 2.00 bits per heavy atom. The Morgan fingerprint density at radius 1 is 1.29 bits per heavy atom. The predicted molar refractivity (Wildman–Crippen MR) is 33.3 cm³/mol. The van der Waals surface area contributed by atoms with Crippen LogP contribution in [0.3, 0.4) is 0 Å². The number of rotatable bonds is 3. The second kappa shape index (κ2) is 10.1. The minimum atomic E-state index is 0. The number of unbranched alkanes of at least 4 members (excludes halogenated alkanes) is 2. The Balaban J connectivity index is 0. The van der Waals surface area contributed by atoms with E-state index in [-0.39, 0.29) is 16.5 Å². The fourth-order valence-electron chi connectivity index (χ4n) is 0.344. The third-order valence-corrected chi connectivity index (χ3v) is 1.30. The van der Waals surface area contributed by atoms with Crippen LogP contribution in [0.4, 0.5) is 0 Å². The third-order valence-electron chi connectivity index (χ3n) is 0.737. The quantitative estimate of drug-likeness (QED) is 0.381. The van der Waals surface area contributed by atoms with Crippen LogP contribution in [0.25, 0.3) is 0 Å². The first-order valence-corrected chi connectivity index (χ1v) is 3.60. The second-order valence-electron chi connectivity index (χ2n) is 1.40. The number of hydrogen-bond donors (Lipinski definition) is 0. The fourth-order valence-corrected chi connectivity index (χ4v) is 0.741. The summed E-state index contributed by atoms with van der Waals surface area (Å²) in [6.07, 6.45) is 4.02. The summed E-state index contributed by atoms with van der Waals surface area (Å²) in [5.41, 5.74) is 0. The van der Waals surface area contributed by atoms with E-state index in [0.717, 1.165) is 0 Å². The van der Waals surface area contributed by atoms with Crippen LogP contribution in [0.5, 0.6) is 0 Å². The van der Waals surface area contributed by atoms with Gasteiger partial charge in [-0.05, 0) is 6.42 Å². The Bertz CT molecular complexity index is 20.0. The molecule has 0 atom stereocenters. The minimum absolute atomic E-state index is 0. The number of alkyl halides is 1. The van der Waals surface area contributed by atoms with Crippen molar-refractivity contribution in [3.8, 4) is 0 Å². The van der Waals surface area contributed by atoms with Crippen LogP contribution in [-0.2, 0) is 16.5 Å². The Hall–Kier alpha value is 0.974. The summed E-state index contributed by atoms with van der Waals surface area (Å²) >= 11 is 3.35. The van der Waals surface area contributed by atoms with E-state index >= 15 is 0 Å². The molecule has 0 bridgehead atoms. The number of hydrogen-bond acceptors (Lipinski definition) is 0. The first kappa shape index (κ1) is 10.9. The average Bonchev–Trinajstić information content (AvgIpc) is 1.61. The summed E-state index contributed by atoms with van der Waals surface area (Å²) in [4.78, 5) is 0. The molecule has 0 unspecified atom stereocenters. The molecule has 0 aromatic rings. The minimum Gasteiger partial charge on any atom is -0.0928 e. The zero-order valence-electron chi connectivity index (χ0n) is 4.52. The van der Waals surface area contributed by atoms with Gasteiger partial charge in [0.2, 0.25) is 0 Å². The molecule has 0 aliphatic rings. The summed E-state index contributed by atoms with van der Waals surface area (Å²) in [5, 5.41) is 1.17. The van der Waals surface area contributed by atoms with E-state index in [1.54, 1.807) is 0 Å². The van der Waals surface area contributed by atoms with Crippen molar-refractivity contribution < 1.29 is 16.5 Å². The zero-order valence-corrected chi connectivity index (χ0v) is 7.10. The van der Waals surface area contributed by atoms with Crippen molar-refractivity contribution in [3.05, 3.63) is 0 Å². The Kier molecular flexibility index (Phi) is 15.6. The maximum atomic E-state index is 3.35. The van der Waals surface area contributed by atoms with Crippen LogP contribution in [0, 0.1) is 0 Å². The largest absolute Gasteiger partial charge is 0.0928 e. The summed E-state index contributed by atoms with van der Waals surface area (Å²) in [6.45, 7) is 2.21. The molecule has 0 aromatic heterocycles. The van der Waals surface area contributed by atoms with E-state index in [1.807, 2.05) is 0 Å². The molecule has 0 saturated carbocycles. The maximum Gasteiger partial charge on any atom is 0.00313 e. The summed E-state index contributed by atoms with van der Waals surface area (Å²) in [7, 11) is 0. The average molecular weight is 210 g/mol. The van der Waals surface area contributed by atoms with Gasteiger partial charge >= 0.3 is 0 Å². The number of halogens is 1. The molecule has 2 heteroatoms. The van der Waals surface area contributed by atoms with E-state index in [9.17, 15) is 0 Å². The van der Waals surface area contributed by atoms with Gasteiger partial charge in [0.05, 0.1) is 0 Å². The molecule has 0 saturated heterocycles. The van der Waals surface area contributed by atoms with E-state index in [1.165, 1.54) is 24.6 Å². The standard InChI is InChI=1S/C5H11Br.Ni/c1-2-3-4-5-6;/h2-5H2,1H3;. The molecular formula is C5H11BrNi. The molecule has 0 aliphatic carbocycles. The van der Waals surface area contributed by atoms with Crippen LogP contribution >= 0.6 is 15.9 Å². The monoisotopic (exact) mass is 208 g/mol. The van der Waals surface area contributed by atoms with Crippen molar-refractivity contribution in [1.82, 2.24) is 0 Å². The molecule has 0 radical (unpaired) electrons. The van der Waals surface area contributed by atoms with Crippen LogP contribution in [0.15, 0.2) is 0 Å². The molecular weight excluding hydrogens is 199 g/mol. The van der Waals surface area contributed by atoms with Gasteiger partial charge in [0.1, 0.15) is 0 Å². The molecule has 0 aromatic carbocycles. The first-order chi connectivity index (χ1) is 2.91. The van der Waals surface area contributed by atoms with Gasteiger partial charge in [0, 0.05) is 21.8 Å². The van der Waals surface area contributed by atoms with Crippen molar-refractivity contribution in [2.24, 2.45) is 0 Å². The van der Waals surface area contributed by atoms with Gasteiger partial charge in [-0.1, -0.05) is 35.7 Å². The Labute approximate surface area is 64.1 Å². The van der Waals surface area contributed by atoms with Crippen molar-refractivity contribution in [1.29, 1.82) is 0 Å². The molecule has 0 rings (SSSR count). The van der Waals surface area contributed by atoms with Gasteiger partial charge in [-0.3, -0.25) is 0 Å². The van der Waals surface area contributed by atoms with Gasteiger partial charge < -0.3 is 0 Å². The van der Waals surface area contributed by atoms with Crippen molar-refractivity contribution in [2.75, 3.05) is 5.33 Å².